The van der Waals surface area contributed by atoms with Gasteiger partial charge in [-0.3, -0.25) is 9.69 Å². The Balaban J connectivity index is 1.73. The molecule has 1 aliphatic heterocycles. The van der Waals surface area contributed by atoms with Crippen molar-refractivity contribution in [3.05, 3.63) is 69.4 Å². The van der Waals surface area contributed by atoms with Gasteiger partial charge >= 0.3 is 0 Å². The normalized spacial score (nSPS) is 15.0. The van der Waals surface area contributed by atoms with Crippen LogP contribution in [0.2, 0.25) is 0 Å². The monoisotopic (exact) mass is 394 g/mol. The van der Waals surface area contributed by atoms with E-state index in [0.717, 1.165) is 43.7 Å². The van der Waals surface area contributed by atoms with E-state index >= 15 is 0 Å². The number of piperazine rings is 1. The van der Waals surface area contributed by atoms with Crippen LogP contribution in [0.4, 0.5) is 5.69 Å². The molecule has 1 heterocycles. The van der Waals surface area contributed by atoms with Crippen molar-refractivity contribution in [1.29, 1.82) is 0 Å². The molecule has 0 amide bonds. The number of aryl methyl sites for hydroxylation is 1. The molecule has 3 rings (SSSR count). The third-order valence-corrected chi connectivity index (χ3v) is 5.55. The highest BCUT2D eigenvalue weighted by Crippen LogP contribution is 2.20. The molecule has 0 radical (unpaired) electrons. The molecule has 0 unspecified atom stereocenters. The maximum atomic E-state index is 13.1. The molecule has 4 heteroatoms. The number of hydrogen-bond donors (Lipinski definition) is 0. The summed E-state index contributed by atoms with van der Waals surface area (Å²) < 4.78 is 5.81. The number of nitrogens with zero attached hydrogens (tertiary/aromatic N) is 2. The first kappa shape index (κ1) is 21.4. The van der Waals surface area contributed by atoms with Gasteiger partial charge in [-0.2, -0.15) is 0 Å². The fourth-order valence-electron chi connectivity index (χ4n) is 3.73. The molecule has 0 aromatic heterocycles. The van der Waals surface area contributed by atoms with Crippen molar-refractivity contribution in [2.24, 2.45) is 0 Å². The van der Waals surface area contributed by atoms with Crippen LogP contribution >= 0.6 is 0 Å². The van der Waals surface area contributed by atoms with Crippen molar-refractivity contribution >= 4 is 5.69 Å². The molecule has 0 spiro atoms. The number of hydrogen-bond acceptors (Lipinski definition) is 4. The van der Waals surface area contributed by atoms with Gasteiger partial charge in [0.2, 0.25) is 5.43 Å². The molecule has 2 aromatic rings. The summed E-state index contributed by atoms with van der Waals surface area (Å²) in [5.74, 6) is 0.852. The molecule has 29 heavy (non-hydrogen) atoms. The van der Waals surface area contributed by atoms with E-state index in [2.05, 4.69) is 67.8 Å². The minimum absolute atomic E-state index is 0.0338. The van der Waals surface area contributed by atoms with E-state index in [1.165, 1.54) is 11.3 Å². The van der Waals surface area contributed by atoms with Gasteiger partial charge in [0, 0.05) is 44.0 Å². The molecular formula is C25H34N2O2. The Bertz CT molecular complexity index is 871. The molecule has 0 atom stereocenters. The molecule has 1 saturated heterocycles. The molecule has 0 saturated carbocycles. The van der Waals surface area contributed by atoms with E-state index in [0.29, 0.717) is 24.8 Å². The lowest BCUT2D eigenvalue weighted by atomic mass is 10.1. The first-order valence-corrected chi connectivity index (χ1v) is 10.8. The van der Waals surface area contributed by atoms with Crippen LogP contribution in [0.15, 0.2) is 47.3 Å². The number of ether oxygens (including phenoxy) is 1. The van der Waals surface area contributed by atoms with Crippen molar-refractivity contribution in [3.8, 4) is 5.75 Å². The second-order valence-electron chi connectivity index (χ2n) is 8.30. The van der Waals surface area contributed by atoms with E-state index in [1.54, 1.807) is 0 Å². The van der Waals surface area contributed by atoms with E-state index in [9.17, 15) is 4.79 Å². The van der Waals surface area contributed by atoms with Crippen molar-refractivity contribution in [1.82, 2.24) is 4.90 Å². The summed E-state index contributed by atoms with van der Waals surface area (Å²) in [5.41, 5.74) is 4.58. The largest absolute Gasteiger partial charge is 0.489 e. The fourth-order valence-corrected chi connectivity index (χ4v) is 3.73. The Kier molecular flexibility index (Phi) is 7.32. The highest BCUT2D eigenvalue weighted by molar-refractivity contribution is 5.48. The van der Waals surface area contributed by atoms with Crippen LogP contribution in [-0.2, 0) is 6.54 Å². The van der Waals surface area contributed by atoms with Crippen LogP contribution in [0.1, 0.15) is 49.8 Å². The number of benzene rings is 1. The van der Waals surface area contributed by atoms with Crippen molar-refractivity contribution in [2.45, 2.75) is 46.6 Å². The fraction of sp³-hybridized carbons (Fsp3) is 0.480. The second-order valence-corrected chi connectivity index (χ2v) is 8.30. The first-order chi connectivity index (χ1) is 14.0. The predicted octanol–water partition coefficient (Wildman–Crippen LogP) is 4.59. The van der Waals surface area contributed by atoms with E-state index in [4.69, 9.17) is 4.74 Å². The van der Waals surface area contributed by atoms with Crippen molar-refractivity contribution in [2.75, 3.05) is 37.7 Å². The van der Waals surface area contributed by atoms with Gasteiger partial charge < -0.3 is 9.64 Å². The Labute approximate surface area is 175 Å². The molecule has 0 bridgehead atoms. The maximum absolute atomic E-state index is 13.1. The first-order valence-electron chi connectivity index (χ1n) is 10.8. The quantitative estimate of drug-likeness (QED) is 0.688. The molecule has 4 nitrogen and oxygen atoms in total. The Hall–Kier alpha value is -2.33. The minimum Gasteiger partial charge on any atom is -0.489 e. The molecule has 156 valence electrons. The van der Waals surface area contributed by atoms with Gasteiger partial charge in [0.25, 0.3) is 0 Å². The lowest BCUT2D eigenvalue weighted by Crippen LogP contribution is -2.46. The van der Waals surface area contributed by atoms with Crippen LogP contribution in [-0.4, -0.2) is 37.7 Å². The zero-order chi connectivity index (χ0) is 20.8. The second kappa shape index (κ2) is 9.93. The smallest absolute Gasteiger partial charge is 0.224 e. The van der Waals surface area contributed by atoms with Gasteiger partial charge in [-0.1, -0.05) is 45.0 Å². The van der Waals surface area contributed by atoms with Gasteiger partial charge in [-0.15, -0.1) is 0 Å². The average molecular weight is 395 g/mol. The SMILES string of the molecule is CCCOc1cc(C(C)C)ccc(CN2CCN(c3cccc(C)c3)CC2)c1=O. The summed E-state index contributed by atoms with van der Waals surface area (Å²) >= 11 is 0. The summed E-state index contributed by atoms with van der Waals surface area (Å²) in [6, 6.07) is 14.7. The van der Waals surface area contributed by atoms with Crippen LogP contribution in [0.3, 0.4) is 0 Å². The van der Waals surface area contributed by atoms with Gasteiger partial charge in [-0.05, 0) is 48.6 Å². The van der Waals surface area contributed by atoms with Gasteiger partial charge in [0.15, 0.2) is 5.75 Å². The topological polar surface area (TPSA) is 32.8 Å². The summed E-state index contributed by atoms with van der Waals surface area (Å²) in [7, 11) is 0. The highest BCUT2D eigenvalue weighted by Gasteiger charge is 2.19. The summed E-state index contributed by atoms with van der Waals surface area (Å²) in [6.45, 7) is 13.6. The maximum Gasteiger partial charge on any atom is 0.224 e. The Morgan fingerprint density at radius 2 is 1.79 bits per heavy atom. The zero-order valence-corrected chi connectivity index (χ0v) is 18.3. The van der Waals surface area contributed by atoms with Crippen molar-refractivity contribution < 1.29 is 4.74 Å². The lowest BCUT2D eigenvalue weighted by molar-refractivity contribution is 0.248. The Morgan fingerprint density at radius 3 is 2.45 bits per heavy atom. The number of rotatable bonds is 7. The summed E-state index contributed by atoms with van der Waals surface area (Å²) in [6.07, 6.45) is 0.894. The van der Waals surface area contributed by atoms with Gasteiger partial charge in [0.1, 0.15) is 0 Å². The molecule has 0 N–H and O–H groups in total. The molecule has 2 aromatic carbocycles. The zero-order valence-electron chi connectivity index (χ0n) is 18.3. The van der Waals surface area contributed by atoms with Crippen LogP contribution in [0.5, 0.6) is 5.75 Å². The van der Waals surface area contributed by atoms with Gasteiger partial charge in [-0.25, -0.2) is 0 Å². The van der Waals surface area contributed by atoms with Crippen LogP contribution < -0.4 is 15.1 Å². The molecule has 0 aliphatic carbocycles. The highest BCUT2D eigenvalue weighted by atomic mass is 16.5. The van der Waals surface area contributed by atoms with E-state index in [-0.39, 0.29) is 5.43 Å². The van der Waals surface area contributed by atoms with E-state index < -0.39 is 0 Å². The Morgan fingerprint density at radius 1 is 1.03 bits per heavy atom. The molecule has 1 aliphatic rings. The van der Waals surface area contributed by atoms with Gasteiger partial charge in [0.05, 0.1) is 6.61 Å². The lowest BCUT2D eigenvalue weighted by Gasteiger charge is -2.36. The van der Waals surface area contributed by atoms with Crippen LogP contribution in [0.25, 0.3) is 0 Å². The number of anilines is 1. The summed E-state index contributed by atoms with van der Waals surface area (Å²) in [5, 5.41) is 0. The standard InChI is InChI=1S/C25H34N2O2/c1-5-15-29-24-17-21(19(2)3)9-10-22(25(24)28)18-26-11-13-27(14-12-26)23-8-6-7-20(4)16-23/h6-10,16-17,19H,5,11-15,18H2,1-4H3. The van der Waals surface area contributed by atoms with Crippen molar-refractivity contribution in [3.63, 3.8) is 0 Å². The third-order valence-electron chi connectivity index (χ3n) is 5.55. The van der Waals surface area contributed by atoms with Crippen LogP contribution in [0, 0.1) is 6.92 Å². The third kappa shape index (κ3) is 5.60. The van der Waals surface area contributed by atoms with E-state index in [1.807, 2.05) is 12.1 Å². The predicted molar refractivity (Wildman–Crippen MR) is 121 cm³/mol. The molecular weight excluding hydrogens is 360 g/mol. The minimum atomic E-state index is 0.0338. The average Bonchev–Trinajstić information content (AvgIpc) is 2.86. The summed E-state index contributed by atoms with van der Waals surface area (Å²) in [4.78, 5) is 17.9. The molecule has 1 fully saturated rings.